The summed E-state index contributed by atoms with van der Waals surface area (Å²) in [6, 6.07) is 15.9. The van der Waals surface area contributed by atoms with Gasteiger partial charge in [0.15, 0.2) is 0 Å². The number of fused-ring (bicyclic) bond motifs is 1. The lowest BCUT2D eigenvalue weighted by Gasteiger charge is -2.08. The molecule has 132 valence electrons. The van der Waals surface area contributed by atoms with Crippen molar-refractivity contribution in [3.05, 3.63) is 80.3 Å². The third kappa shape index (κ3) is 3.83. The highest BCUT2D eigenvalue weighted by molar-refractivity contribution is 9.10. The molecule has 0 atom stereocenters. The second-order valence-corrected chi connectivity index (χ2v) is 6.51. The van der Waals surface area contributed by atoms with Gasteiger partial charge in [0, 0.05) is 18.2 Å². The number of hydrogen-bond donors (Lipinski definition) is 1. The van der Waals surface area contributed by atoms with E-state index in [1.165, 1.54) is 12.1 Å². The zero-order valence-corrected chi connectivity index (χ0v) is 15.4. The molecule has 6 nitrogen and oxygen atoms in total. The molecule has 0 saturated heterocycles. The average molecular weight is 415 g/mol. The first-order valence-corrected chi connectivity index (χ1v) is 8.56. The minimum Gasteiger partial charge on any atom is -0.497 e. The van der Waals surface area contributed by atoms with Crippen LogP contribution >= 0.6 is 15.9 Å². The second kappa shape index (κ2) is 7.53. The molecule has 7 heteroatoms. The van der Waals surface area contributed by atoms with Crippen molar-refractivity contribution in [3.63, 3.8) is 0 Å². The molecule has 0 aliphatic rings. The highest BCUT2D eigenvalue weighted by Gasteiger charge is 2.15. The predicted molar refractivity (Wildman–Crippen MR) is 102 cm³/mol. The van der Waals surface area contributed by atoms with Gasteiger partial charge in [0.05, 0.1) is 16.5 Å². The van der Waals surface area contributed by atoms with Crippen molar-refractivity contribution >= 4 is 38.3 Å². The Balaban J connectivity index is 1.74. The Labute approximate surface area is 158 Å². The monoisotopic (exact) mass is 414 g/mol. The lowest BCUT2D eigenvalue weighted by Crippen LogP contribution is -2.22. The summed E-state index contributed by atoms with van der Waals surface area (Å²) in [6.45, 7) is 0.324. The predicted octanol–water partition coefficient (Wildman–Crippen LogP) is 4.45. The van der Waals surface area contributed by atoms with E-state index in [1.807, 2.05) is 36.4 Å². The van der Waals surface area contributed by atoms with Crippen molar-refractivity contribution in [1.82, 2.24) is 5.32 Å². The van der Waals surface area contributed by atoms with Crippen LogP contribution in [0.15, 0.2) is 59.1 Å². The standard InChI is InChI=1S/C19H15BrN2O4/c1-26-16-6-4-13-8-12(2-3-14(13)9-16)11-21-19(23)15-5-7-17(20)18(10-15)22(24)25/h2-10H,11H2,1H3,(H,21,23). The van der Waals surface area contributed by atoms with Crippen LogP contribution in [-0.2, 0) is 6.54 Å². The van der Waals surface area contributed by atoms with Crippen molar-refractivity contribution in [3.8, 4) is 5.75 Å². The summed E-state index contributed by atoms with van der Waals surface area (Å²) < 4.78 is 5.54. The fourth-order valence-corrected chi connectivity index (χ4v) is 2.98. The zero-order valence-electron chi connectivity index (χ0n) is 13.9. The maximum Gasteiger partial charge on any atom is 0.284 e. The molecule has 3 rings (SSSR count). The van der Waals surface area contributed by atoms with Gasteiger partial charge in [0.2, 0.25) is 0 Å². The summed E-state index contributed by atoms with van der Waals surface area (Å²) >= 11 is 3.11. The maximum atomic E-state index is 12.3. The number of halogens is 1. The largest absolute Gasteiger partial charge is 0.497 e. The van der Waals surface area contributed by atoms with Gasteiger partial charge < -0.3 is 10.1 Å². The van der Waals surface area contributed by atoms with Crippen LogP contribution < -0.4 is 10.1 Å². The number of methoxy groups -OCH3 is 1. The van der Waals surface area contributed by atoms with Gasteiger partial charge in [0.1, 0.15) is 5.75 Å². The first-order chi connectivity index (χ1) is 12.5. The van der Waals surface area contributed by atoms with E-state index in [1.54, 1.807) is 13.2 Å². The van der Waals surface area contributed by atoms with E-state index >= 15 is 0 Å². The Morgan fingerprint density at radius 2 is 1.85 bits per heavy atom. The van der Waals surface area contributed by atoms with Crippen molar-refractivity contribution in [2.45, 2.75) is 6.54 Å². The van der Waals surface area contributed by atoms with Gasteiger partial charge >= 0.3 is 0 Å². The van der Waals surface area contributed by atoms with Crippen LogP contribution in [0.2, 0.25) is 0 Å². The normalized spacial score (nSPS) is 10.5. The molecule has 1 amide bonds. The quantitative estimate of drug-likeness (QED) is 0.493. The molecule has 0 aliphatic heterocycles. The first-order valence-electron chi connectivity index (χ1n) is 7.77. The van der Waals surface area contributed by atoms with E-state index in [2.05, 4.69) is 21.2 Å². The Bertz CT molecular complexity index is 1000. The average Bonchev–Trinajstić information content (AvgIpc) is 2.65. The molecule has 0 aliphatic carbocycles. The van der Waals surface area contributed by atoms with Crippen LogP contribution in [0, 0.1) is 10.1 Å². The molecule has 0 aromatic heterocycles. The molecule has 0 bridgehead atoms. The topological polar surface area (TPSA) is 81.5 Å². The molecular formula is C19H15BrN2O4. The van der Waals surface area contributed by atoms with Gasteiger partial charge in [-0.3, -0.25) is 14.9 Å². The number of nitrogens with zero attached hydrogens (tertiary/aromatic N) is 1. The third-order valence-electron chi connectivity index (χ3n) is 3.97. The molecule has 3 aromatic rings. The molecule has 0 heterocycles. The third-order valence-corrected chi connectivity index (χ3v) is 4.64. The van der Waals surface area contributed by atoms with Crippen molar-refractivity contribution in [2.75, 3.05) is 7.11 Å². The van der Waals surface area contributed by atoms with E-state index in [0.29, 0.717) is 11.0 Å². The maximum absolute atomic E-state index is 12.3. The van der Waals surface area contributed by atoms with Crippen LogP contribution in [0.5, 0.6) is 5.75 Å². The summed E-state index contributed by atoms with van der Waals surface area (Å²) in [6.07, 6.45) is 0. The SMILES string of the molecule is COc1ccc2cc(CNC(=O)c3ccc(Br)c([N+](=O)[O-])c3)ccc2c1. The van der Waals surface area contributed by atoms with Crippen molar-refractivity contribution < 1.29 is 14.5 Å². The molecule has 26 heavy (non-hydrogen) atoms. The summed E-state index contributed by atoms with van der Waals surface area (Å²) in [5, 5.41) is 15.9. The summed E-state index contributed by atoms with van der Waals surface area (Å²) in [5.41, 5.74) is 1.03. The van der Waals surface area contributed by atoms with E-state index in [0.717, 1.165) is 22.1 Å². The molecule has 0 radical (unpaired) electrons. The Morgan fingerprint density at radius 3 is 2.58 bits per heavy atom. The number of benzene rings is 3. The smallest absolute Gasteiger partial charge is 0.284 e. The van der Waals surface area contributed by atoms with Gasteiger partial charge in [-0.1, -0.05) is 18.2 Å². The van der Waals surface area contributed by atoms with E-state index in [-0.39, 0.29) is 17.2 Å². The number of carbonyl (C=O) groups excluding carboxylic acids is 1. The van der Waals surface area contributed by atoms with Gasteiger partial charge in [0.25, 0.3) is 11.6 Å². The first kappa shape index (κ1) is 17.9. The van der Waals surface area contributed by atoms with Gasteiger partial charge in [-0.15, -0.1) is 0 Å². The lowest BCUT2D eigenvalue weighted by atomic mass is 10.1. The number of nitrogens with one attached hydrogen (secondary N) is 1. The number of nitro groups is 1. The summed E-state index contributed by atoms with van der Waals surface area (Å²) in [7, 11) is 1.62. The highest BCUT2D eigenvalue weighted by Crippen LogP contribution is 2.26. The minimum absolute atomic E-state index is 0.141. The number of amides is 1. The number of rotatable bonds is 5. The number of ether oxygens (including phenoxy) is 1. The Morgan fingerprint density at radius 1 is 1.12 bits per heavy atom. The molecule has 1 N–H and O–H groups in total. The van der Waals surface area contributed by atoms with Gasteiger partial charge in [-0.25, -0.2) is 0 Å². The Hall–Kier alpha value is -2.93. The number of carbonyl (C=O) groups is 1. The fourth-order valence-electron chi connectivity index (χ4n) is 2.59. The molecule has 0 saturated carbocycles. The molecule has 0 fully saturated rings. The highest BCUT2D eigenvalue weighted by atomic mass is 79.9. The minimum atomic E-state index is -0.529. The lowest BCUT2D eigenvalue weighted by molar-refractivity contribution is -0.385. The molecular weight excluding hydrogens is 400 g/mol. The summed E-state index contributed by atoms with van der Waals surface area (Å²) in [4.78, 5) is 22.7. The Kier molecular flexibility index (Phi) is 5.18. The fraction of sp³-hybridized carbons (Fsp3) is 0.105. The molecule has 0 unspecified atom stereocenters. The van der Waals surface area contributed by atoms with Crippen LogP contribution in [0.25, 0.3) is 10.8 Å². The van der Waals surface area contributed by atoms with E-state index < -0.39 is 4.92 Å². The van der Waals surface area contributed by atoms with Crippen LogP contribution in [0.3, 0.4) is 0 Å². The number of hydrogen-bond acceptors (Lipinski definition) is 4. The zero-order chi connectivity index (χ0) is 18.7. The van der Waals surface area contributed by atoms with E-state index in [4.69, 9.17) is 4.74 Å². The van der Waals surface area contributed by atoms with Gasteiger partial charge in [-0.2, -0.15) is 0 Å². The second-order valence-electron chi connectivity index (χ2n) is 5.65. The van der Waals surface area contributed by atoms with Crippen molar-refractivity contribution in [1.29, 1.82) is 0 Å². The van der Waals surface area contributed by atoms with Crippen LogP contribution in [0.1, 0.15) is 15.9 Å². The molecule has 0 spiro atoms. The number of nitro benzene ring substituents is 1. The van der Waals surface area contributed by atoms with E-state index in [9.17, 15) is 14.9 Å². The van der Waals surface area contributed by atoms with Crippen LogP contribution in [-0.4, -0.2) is 17.9 Å². The summed E-state index contributed by atoms with van der Waals surface area (Å²) in [5.74, 6) is 0.422. The van der Waals surface area contributed by atoms with Crippen LogP contribution in [0.4, 0.5) is 5.69 Å². The molecule has 3 aromatic carbocycles. The van der Waals surface area contributed by atoms with Gasteiger partial charge in [-0.05, 0) is 62.6 Å². The van der Waals surface area contributed by atoms with Crippen molar-refractivity contribution in [2.24, 2.45) is 0 Å².